The number of halogens is 1. The minimum atomic E-state index is -0.420. The summed E-state index contributed by atoms with van der Waals surface area (Å²) in [4.78, 5) is 10.9. The monoisotopic (exact) mass is 426 g/mol. The number of anilines is 1. The summed E-state index contributed by atoms with van der Waals surface area (Å²) in [6.07, 6.45) is 10.1. The van der Waals surface area contributed by atoms with Crippen LogP contribution in [0.4, 0.5) is 11.4 Å². The summed E-state index contributed by atoms with van der Waals surface area (Å²) in [5, 5.41) is 15.1. The molecule has 158 valence electrons. The standard InChI is InChI=1S/C24H27ClN2O3/c1-2-3-4-5-13-30-17-10-12-22-20(15-17)18-7-6-8-19(18)24(26-22)16-9-11-21(25)23(14-16)27(28)29/h6-7,9-12,14-15,18-19,24,26H,2-5,8,13H2,1H3. The van der Waals surface area contributed by atoms with Crippen LogP contribution in [0.2, 0.25) is 5.02 Å². The first kappa shape index (κ1) is 20.7. The number of benzene rings is 2. The van der Waals surface area contributed by atoms with Gasteiger partial charge in [-0.05, 0) is 54.2 Å². The highest BCUT2D eigenvalue weighted by Gasteiger charge is 2.38. The predicted molar refractivity (Wildman–Crippen MR) is 121 cm³/mol. The number of hydrogen-bond donors (Lipinski definition) is 1. The molecule has 0 radical (unpaired) electrons. The third kappa shape index (κ3) is 4.17. The van der Waals surface area contributed by atoms with Crippen LogP contribution in [0.1, 0.15) is 62.1 Å². The summed E-state index contributed by atoms with van der Waals surface area (Å²) in [5.41, 5.74) is 3.14. The van der Waals surface area contributed by atoms with Gasteiger partial charge < -0.3 is 10.1 Å². The second-order valence-electron chi connectivity index (χ2n) is 8.10. The van der Waals surface area contributed by atoms with E-state index in [2.05, 4.69) is 36.5 Å². The molecular weight excluding hydrogens is 400 g/mol. The van der Waals surface area contributed by atoms with Crippen LogP contribution in [0.5, 0.6) is 5.75 Å². The van der Waals surface area contributed by atoms with Gasteiger partial charge in [-0.25, -0.2) is 0 Å². The number of nitrogens with zero attached hydrogens (tertiary/aromatic N) is 1. The smallest absolute Gasteiger partial charge is 0.288 e. The number of ether oxygens (including phenoxy) is 1. The Bertz CT molecular complexity index is 959. The summed E-state index contributed by atoms with van der Waals surface area (Å²) in [7, 11) is 0. The molecule has 1 heterocycles. The number of unbranched alkanes of at least 4 members (excludes halogenated alkanes) is 3. The van der Waals surface area contributed by atoms with E-state index in [4.69, 9.17) is 16.3 Å². The van der Waals surface area contributed by atoms with Crippen molar-refractivity contribution in [1.29, 1.82) is 0 Å². The zero-order chi connectivity index (χ0) is 21.1. The number of nitro benzene ring substituents is 1. The number of fused-ring (bicyclic) bond motifs is 3. The van der Waals surface area contributed by atoms with Gasteiger partial charge in [0.2, 0.25) is 0 Å². The maximum Gasteiger partial charge on any atom is 0.288 e. The van der Waals surface area contributed by atoms with Crippen LogP contribution in [0.25, 0.3) is 0 Å². The maximum absolute atomic E-state index is 11.3. The van der Waals surface area contributed by atoms with Gasteiger partial charge in [0.25, 0.3) is 5.69 Å². The highest BCUT2D eigenvalue weighted by molar-refractivity contribution is 6.32. The third-order valence-electron chi connectivity index (χ3n) is 6.13. The van der Waals surface area contributed by atoms with Gasteiger partial charge in [-0.15, -0.1) is 0 Å². The quantitative estimate of drug-likeness (QED) is 0.213. The molecular formula is C24H27ClN2O3. The Morgan fingerprint density at radius 2 is 2.07 bits per heavy atom. The zero-order valence-corrected chi connectivity index (χ0v) is 17.9. The zero-order valence-electron chi connectivity index (χ0n) is 17.1. The average Bonchev–Trinajstić information content (AvgIpc) is 3.23. The molecule has 2 aromatic carbocycles. The highest BCUT2D eigenvalue weighted by Crippen LogP contribution is 2.51. The number of nitrogens with one attached hydrogen (secondary N) is 1. The van der Waals surface area contributed by atoms with E-state index in [9.17, 15) is 10.1 Å². The molecule has 0 fully saturated rings. The van der Waals surface area contributed by atoms with Gasteiger partial charge in [0.05, 0.1) is 17.6 Å². The molecule has 1 N–H and O–H groups in total. The molecule has 3 atom stereocenters. The molecule has 0 bridgehead atoms. The van der Waals surface area contributed by atoms with E-state index in [0.29, 0.717) is 5.92 Å². The Balaban J connectivity index is 1.56. The minimum Gasteiger partial charge on any atom is -0.494 e. The van der Waals surface area contributed by atoms with Crippen LogP contribution in [0.3, 0.4) is 0 Å². The lowest BCUT2D eigenvalue weighted by atomic mass is 9.77. The number of rotatable bonds is 8. The molecule has 0 amide bonds. The van der Waals surface area contributed by atoms with Crippen molar-refractivity contribution in [2.75, 3.05) is 11.9 Å². The maximum atomic E-state index is 11.3. The first-order chi connectivity index (χ1) is 14.6. The minimum absolute atomic E-state index is 0.00530. The molecule has 2 aromatic rings. The largest absolute Gasteiger partial charge is 0.494 e. The molecule has 30 heavy (non-hydrogen) atoms. The highest BCUT2D eigenvalue weighted by atomic mass is 35.5. The third-order valence-corrected chi connectivity index (χ3v) is 6.45. The van der Waals surface area contributed by atoms with E-state index in [1.807, 2.05) is 12.1 Å². The molecule has 1 aliphatic heterocycles. The molecule has 3 unspecified atom stereocenters. The molecule has 0 spiro atoms. The van der Waals surface area contributed by atoms with Gasteiger partial charge in [-0.2, -0.15) is 0 Å². The van der Waals surface area contributed by atoms with Crippen molar-refractivity contribution in [3.8, 4) is 5.75 Å². The van der Waals surface area contributed by atoms with Gasteiger partial charge in [0.15, 0.2) is 0 Å². The van der Waals surface area contributed by atoms with Crippen molar-refractivity contribution in [1.82, 2.24) is 0 Å². The van der Waals surface area contributed by atoms with E-state index in [-0.39, 0.29) is 22.7 Å². The molecule has 4 rings (SSSR count). The average molecular weight is 427 g/mol. The fraction of sp³-hybridized carbons (Fsp3) is 0.417. The van der Waals surface area contributed by atoms with Crippen LogP contribution in [-0.2, 0) is 0 Å². The van der Waals surface area contributed by atoms with E-state index in [0.717, 1.165) is 36.4 Å². The van der Waals surface area contributed by atoms with Crippen molar-refractivity contribution in [3.63, 3.8) is 0 Å². The summed E-state index contributed by atoms with van der Waals surface area (Å²) in [6.45, 7) is 2.95. The van der Waals surface area contributed by atoms with Gasteiger partial charge >= 0.3 is 0 Å². The predicted octanol–water partition coefficient (Wildman–Crippen LogP) is 7.03. The second kappa shape index (κ2) is 9.09. The molecule has 1 aliphatic carbocycles. The summed E-state index contributed by atoms with van der Waals surface area (Å²) in [5.74, 6) is 1.48. The Morgan fingerprint density at radius 1 is 1.20 bits per heavy atom. The van der Waals surface area contributed by atoms with Crippen LogP contribution >= 0.6 is 11.6 Å². The SMILES string of the molecule is CCCCCCOc1ccc2c(c1)C1C=CCC1C(c1ccc(Cl)c([N+](=O)[O-])c1)N2. The van der Waals surface area contributed by atoms with E-state index in [1.54, 1.807) is 12.1 Å². The summed E-state index contributed by atoms with van der Waals surface area (Å²) >= 11 is 6.02. The fourth-order valence-corrected chi connectivity index (χ4v) is 4.76. The lowest BCUT2D eigenvalue weighted by Gasteiger charge is -2.37. The van der Waals surface area contributed by atoms with Gasteiger partial charge in [-0.1, -0.05) is 56.0 Å². The Labute approximate surface area is 182 Å². The van der Waals surface area contributed by atoms with Gasteiger partial charge in [-0.3, -0.25) is 10.1 Å². The first-order valence-corrected chi connectivity index (χ1v) is 11.1. The van der Waals surface area contributed by atoms with Crippen molar-refractivity contribution in [2.24, 2.45) is 5.92 Å². The van der Waals surface area contributed by atoms with Crippen molar-refractivity contribution >= 4 is 23.0 Å². The molecule has 5 nitrogen and oxygen atoms in total. The van der Waals surface area contributed by atoms with E-state index in [1.165, 1.54) is 24.8 Å². The van der Waals surface area contributed by atoms with Crippen LogP contribution in [0.15, 0.2) is 48.6 Å². The molecule has 2 aliphatic rings. The first-order valence-electron chi connectivity index (χ1n) is 10.7. The van der Waals surface area contributed by atoms with Crippen molar-refractivity contribution in [3.05, 3.63) is 74.8 Å². The Morgan fingerprint density at radius 3 is 2.87 bits per heavy atom. The lowest BCUT2D eigenvalue weighted by molar-refractivity contribution is -0.384. The number of nitro groups is 1. The van der Waals surface area contributed by atoms with E-state index < -0.39 is 4.92 Å². The summed E-state index contributed by atoms with van der Waals surface area (Å²) in [6, 6.07) is 11.3. The Hall–Kier alpha value is -2.53. The van der Waals surface area contributed by atoms with Crippen LogP contribution in [-0.4, -0.2) is 11.5 Å². The summed E-state index contributed by atoms with van der Waals surface area (Å²) < 4.78 is 5.99. The Kier molecular flexibility index (Phi) is 6.28. The molecule has 0 saturated heterocycles. The topological polar surface area (TPSA) is 64.4 Å². The van der Waals surface area contributed by atoms with Crippen LogP contribution < -0.4 is 10.1 Å². The molecule has 0 saturated carbocycles. The second-order valence-corrected chi connectivity index (χ2v) is 8.51. The lowest BCUT2D eigenvalue weighted by Crippen LogP contribution is -2.29. The number of allylic oxidation sites excluding steroid dienone is 2. The van der Waals surface area contributed by atoms with Gasteiger partial charge in [0.1, 0.15) is 10.8 Å². The fourth-order valence-electron chi connectivity index (χ4n) is 4.57. The molecule has 0 aromatic heterocycles. The van der Waals surface area contributed by atoms with Gasteiger partial charge in [0, 0.05) is 17.7 Å². The van der Waals surface area contributed by atoms with E-state index >= 15 is 0 Å². The molecule has 6 heteroatoms. The van der Waals surface area contributed by atoms with Crippen LogP contribution in [0, 0.1) is 16.0 Å². The van der Waals surface area contributed by atoms with Crippen molar-refractivity contribution in [2.45, 2.75) is 51.0 Å². The number of hydrogen-bond acceptors (Lipinski definition) is 4. The normalized spacial score (nSPS) is 21.6. The van der Waals surface area contributed by atoms with Crippen molar-refractivity contribution < 1.29 is 9.66 Å².